The number of hydrogen-bond donors (Lipinski definition) is 2. The summed E-state index contributed by atoms with van der Waals surface area (Å²) in [6.07, 6.45) is -0.850. The smallest absolute Gasteiger partial charge is 0.342 e. The molecule has 4 aliphatic rings. The van der Waals surface area contributed by atoms with Crippen LogP contribution in [-0.2, 0) is 23.8 Å². The van der Waals surface area contributed by atoms with Gasteiger partial charge in [-0.05, 0) is 33.6 Å². The minimum atomic E-state index is -1.89. The highest BCUT2D eigenvalue weighted by Gasteiger charge is 2.92. The molecule has 2 bridgehead atoms. The second kappa shape index (κ2) is 4.51. The lowest BCUT2D eigenvalue weighted by atomic mass is 9.51. The number of rotatable bonds is 2. The zero-order chi connectivity index (χ0) is 19.5. The van der Waals surface area contributed by atoms with E-state index in [4.69, 9.17) is 14.2 Å². The molecule has 0 aromatic carbocycles. The summed E-state index contributed by atoms with van der Waals surface area (Å²) in [5.41, 5.74) is -6.59. The molecule has 4 rings (SSSR count). The van der Waals surface area contributed by atoms with Gasteiger partial charge in [0, 0.05) is 5.41 Å². The molecule has 3 fully saturated rings. The number of carbonyl (C=O) groups is 2. The lowest BCUT2D eigenvalue weighted by molar-refractivity contribution is -0.214. The predicted octanol–water partition coefficient (Wildman–Crippen LogP) is 0.861. The van der Waals surface area contributed by atoms with E-state index in [0.29, 0.717) is 6.42 Å². The SMILES string of the molecule is COC(=O)[C@@]12O[C@H]3C[C@@]14C[C@@H](O)C(C)(C)OC4=C(C(C)=O)[C@]2(O)C3(C)C. The van der Waals surface area contributed by atoms with Crippen molar-refractivity contribution in [2.24, 2.45) is 10.8 Å². The number of methoxy groups -OCH3 is 1. The molecule has 2 N–H and O–H groups in total. The second-order valence-corrected chi connectivity index (χ2v) is 9.18. The highest BCUT2D eigenvalue weighted by atomic mass is 16.6. The number of Topliss-reactive ketones (excluding diaryl/α,β-unsaturated/α-hetero) is 1. The van der Waals surface area contributed by atoms with Crippen molar-refractivity contribution in [3.8, 4) is 0 Å². The van der Waals surface area contributed by atoms with Gasteiger partial charge in [0.2, 0.25) is 5.60 Å². The number of hydrogen-bond acceptors (Lipinski definition) is 7. The molecule has 0 aromatic heterocycles. The van der Waals surface area contributed by atoms with Crippen LogP contribution < -0.4 is 0 Å². The van der Waals surface area contributed by atoms with Crippen LogP contribution in [0.4, 0.5) is 0 Å². The largest absolute Gasteiger partial charge is 0.488 e. The minimum Gasteiger partial charge on any atom is -0.488 e. The summed E-state index contributed by atoms with van der Waals surface area (Å²) in [5.74, 6) is -0.831. The molecule has 0 amide bonds. The predicted molar refractivity (Wildman–Crippen MR) is 88.9 cm³/mol. The Kier molecular flexibility index (Phi) is 3.11. The van der Waals surface area contributed by atoms with Crippen molar-refractivity contribution in [1.82, 2.24) is 0 Å². The molecule has 7 heteroatoms. The Bertz CT molecular complexity index is 766. The van der Waals surface area contributed by atoms with E-state index in [-0.39, 0.29) is 23.5 Å². The van der Waals surface area contributed by atoms with E-state index in [0.717, 1.165) is 0 Å². The second-order valence-electron chi connectivity index (χ2n) is 9.18. The van der Waals surface area contributed by atoms with Crippen molar-refractivity contribution in [3.63, 3.8) is 0 Å². The summed E-state index contributed by atoms with van der Waals surface area (Å²) in [4.78, 5) is 25.7. The van der Waals surface area contributed by atoms with Crippen LogP contribution in [0.15, 0.2) is 11.3 Å². The van der Waals surface area contributed by atoms with E-state index >= 15 is 0 Å². The molecule has 0 aromatic rings. The van der Waals surface area contributed by atoms with Gasteiger partial charge >= 0.3 is 5.97 Å². The van der Waals surface area contributed by atoms with Crippen LogP contribution in [0.2, 0.25) is 0 Å². The van der Waals surface area contributed by atoms with Crippen LogP contribution >= 0.6 is 0 Å². The number of ketones is 1. The van der Waals surface area contributed by atoms with Gasteiger partial charge < -0.3 is 24.4 Å². The summed E-state index contributed by atoms with van der Waals surface area (Å²) in [7, 11) is 1.23. The number of esters is 1. The van der Waals surface area contributed by atoms with Crippen molar-refractivity contribution in [2.75, 3.05) is 7.11 Å². The maximum atomic E-state index is 13.1. The van der Waals surface area contributed by atoms with Gasteiger partial charge in [0.1, 0.15) is 17.0 Å². The lowest BCUT2D eigenvalue weighted by Crippen LogP contribution is -2.70. The summed E-state index contributed by atoms with van der Waals surface area (Å²) < 4.78 is 17.3. The van der Waals surface area contributed by atoms with Crippen LogP contribution in [0.25, 0.3) is 0 Å². The third-order valence-corrected chi connectivity index (χ3v) is 7.33. The third kappa shape index (κ3) is 1.43. The van der Waals surface area contributed by atoms with Gasteiger partial charge in [-0.3, -0.25) is 4.79 Å². The van der Waals surface area contributed by atoms with E-state index < -0.39 is 45.8 Å². The molecule has 7 nitrogen and oxygen atoms in total. The number of ether oxygens (including phenoxy) is 3. The van der Waals surface area contributed by atoms with Crippen LogP contribution in [0, 0.1) is 10.8 Å². The molecule has 3 aliphatic heterocycles. The Labute approximate surface area is 152 Å². The quantitative estimate of drug-likeness (QED) is 0.699. The Balaban J connectivity index is 2.10. The summed E-state index contributed by atoms with van der Waals surface area (Å²) in [6, 6.07) is 0. The third-order valence-electron chi connectivity index (χ3n) is 7.33. The highest BCUT2D eigenvalue weighted by Crippen LogP contribution is 2.78. The maximum Gasteiger partial charge on any atom is 0.342 e. The van der Waals surface area contributed by atoms with Crippen molar-refractivity contribution in [2.45, 2.75) is 76.5 Å². The van der Waals surface area contributed by atoms with E-state index in [1.807, 2.05) is 0 Å². The van der Waals surface area contributed by atoms with Crippen LogP contribution in [0.3, 0.4) is 0 Å². The standard InChI is InChI=1S/C19H26O7/c1-9(20)12-13-17(7-10(21)16(4,5)26-13)8-11-15(2,3)18(12,23)19(17,25-11)14(22)24-6/h10-11,21,23H,7-8H2,1-6H3/t10-,11+,17-,18+,19-/m1/s1. The molecule has 1 aliphatic carbocycles. The Hall–Kier alpha value is -1.44. The first-order valence-electron chi connectivity index (χ1n) is 8.95. The molecule has 3 heterocycles. The Morgan fingerprint density at radius 1 is 1.19 bits per heavy atom. The fourth-order valence-corrected chi connectivity index (χ4v) is 5.83. The average Bonchev–Trinajstić information content (AvgIpc) is 3.00. The fourth-order valence-electron chi connectivity index (χ4n) is 5.83. The van der Waals surface area contributed by atoms with Gasteiger partial charge in [0.05, 0.1) is 30.3 Å². The maximum absolute atomic E-state index is 13.1. The van der Waals surface area contributed by atoms with Gasteiger partial charge in [0.15, 0.2) is 5.78 Å². The summed E-state index contributed by atoms with van der Waals surface area (Å²) >= 11 is 0. The molecule has 144 valence electrons. The van der Waals surface area contributed by atoms with Crippen molar-refractivity contribution >= 4 is 11.8 Å². The van der Waals surface area contributed by atoms with Crippen LogP contribution in [-0.4, -0.2) is 58.1 Å². The normalized spacial score (nSPS) is 46.8. The molecule has 5 atom stereocenters. The monoisotopic (exact) mass is 366 g/mol. The molecule has 3 saturated heterocycles. The minimum absolute atomic E-state index is 0.0767. The van der Waals surface area contributed by atoms with Gasteiger partial charge in [0.25, 0.3) is 0 Å². The first-order valence-corrected chi connectivity index (χ1v) is 8.95. The number of fused-ring (bicyclic) bond motifs is 1. The van der Waals surface area contributed by atoms with E-state index in [1.165, 1.54) is 14.0 Å². The first kappa shape index (κ1) is 17.9. The van der Waals surface area contributed by atoms with Gasteiger partial charge in [-0.1, -0.05) is 13.8 Å². The van der Waals surface area contributed by atoms with Crippen molar-refractivity contribution in [1.29, 1.82) is 0 Å². The molecule has 0 unspecified atom stereocenters. The number of aliphatic hydroxyl groups is 2. The molecule has 0 saturated carbocycles. The molecule has 0 radical (unpaired) electrons. The fraction of sp³-hybridized carbons (Fsp3) is 0.789. The van der Waals surface area contributed by atoms with Gasteiger partial charge in [-0.15, -0.1) is 0 Å². The van der Waals surface area contributed by atoms with E-state index in [1.54, 1.807) is 27.7 Å². The molecular formula is C19H26O7. The first-order chi connectivity index (χ1) is 11.8. The van der Waals surface area contributed by atoms with E-state index in [2.05, 4.69) is 0 Å². The van der Waals surface area contributed by atoms with Crippen molar-refractivity contribution < 1.29 is 34.0 Å². The Morgan fingerprint density at radius 2 is 1.81 bits per heavy atom. The van der Waals surface area contributed by atoms with E-state index in [9.17, 15) is 19.8 Å². The molecule has 26 heavy (non-hydrogen) atoms. The van der Waals surface area contributed by atoms with Crippen LogP contribution in [0.1, 0.15) is 47.5 Å². The summed E-state index contributed by atoms with van der Waals surface area (Å²) in [5, 5.41) is 22.7. The molecular weight excluding hydrogens is 340 g/mol. The van der Waals surface area contributed by atoms with Crippen molar-refractivity contribution in [3.05, 3.63) is 11.3 Å². The number of aliphatic hydroxyl groups excluding tert-OH is 1. The van der Waals surface area contributed by atoms with Crippen LogP contribution in [0.5, 0.6) is 0 Å². The number of carbonyl (C=O) groups excluding carboxylic acids is 2. The zero-order valence-corrected chi connectivity index (χ0v) is 16.0. The van der Waals surface area contributed by atoms with Gasteiger partial charge in [-0.2, -0.15) is 0 Å². The topological polar surface area (TPSA) is 102 Å². The Morgan fingerprint density at radius 3 is 2.35 bits per heavy atom. The lowest BCUT2D eigenvalue weighted by Gasteiger charge is -2.53. The molecule has 1 spiro atoms. The average molecular weight is 366 g/mol. The highest BCUT2D eigenvalue weighted by molar-refractivity contribution is 6.02. The van der Waals surface area contributed by atoms with Gasteiger partial charge in [-0.25, -0.2) is 4.79 Å². The zero-order valence-electron chi connectivity index (χ0n) is 16.0. The summed E-state index contributed by atoms with van der Waals surface area (Å²) in [6.45, 7) is 8.38.